The first-order valence-electron chi connectivity index (χ1n) is 11.5. The van der Waals surface area contributed by atoms with Crippen molar-refractivity contribution in [2.75, 3.05) is 5.32 Å². The van der Waals surface area contributed by atoms with Gasteiger partial charge in [0, 0.05) is 24.5 Å². The molecule has 0 amide bonds. The van der Waals surface area contributed by atoms with E-state index in [9.17, 15) is 13.5 Å². The van der Waals surface area contributed by atoms with Crippen LogP contribution >= 0.6 is 0 Å². The molecular formula is C23H30N8O3S. The van der Waals surface area contributed by atoms with Gasteiger partial charge in [-0.05, 0) is 38.2 Å². The fourth-order valence-electron chi connectivity index (χ4n) is 3.96. The van der Waals surface area contributed by atoms with Crippen LogP contribution in [0.3, 0.4) is 0 Å². The van der Waals surface area contributed by atoms with Crippen LogP contribution < -0.4 is 11.1 Å². The molecule has 1 atom stereocenters. The fourth-order valence-corrected chi connectivity index (χ4v) is 5.13. The number of imidazole rings is 1. The van der Waals surface area contributed by atoms with Crippen molar-refractivity contribution in [3.05, 3.63) is 42.4 Å². The number of pyridine rings is 1. The van der Waals surface area contributed by atoms with Gasteiger partial charge in [-0.3, -0.25) is 0 Å². The van der Waals surface area contributed by atoms with Gasteiger partial charge in [-0.15, -0.1) is 0 Å². The molecule has 0 aliphatic heterocycles. The third-order valence-electron chi connectivity index (χ3n) is 5.68. The minimum atomic E-state index is -3.53. The average Bonchev–Trinajstić information content (AvgIpc) is 3.61. The van der Waals surface area contributed by atoms with Gasteiger partial charge in [0.25, 0.3) is 10.0 Å². The Morgan fingerprint density at radius 3 is 2.71 bits per heavy atom. The third-order valence-corrected chi connectivity index (χ3v) is 7.39. The lowest BCUT2D eigenvalue weighted by atomic mass is 10.0. The summed E-state index contributed by atoms with van der Waals surface area (Å²) in [6.07, 6.45) is 7.79. The largest absolute Gasteiger partial charge is 0.404 e. The molecule has 0 bridgehead atoms. The molecule has 1 fully saturated rings. The summed E-state index contributed by atoms with van der Waals surface area (Å²) in [4.78, 5) is 17.6. The Bertz CT molecular complexity index is 1380. The SMILES string of the molecule is CC(C)CC(C)n1c(CO)nc2cnc(Nc3ccnc(C(C=NS(=O)(=O)C4CC4)=CN)n3)cc21. The standard InChI is InChI=1S/C23H30N8O3S/c1-14(2)8-15(3)31-19-9-21(26-12-18(19)28-22(31)13-32)29-20-6-7-25-23(30-20)16(10-24)11-27-35(33,34)17-4-5-17/h6-7,9-12,14-15,17,32H,4-5,8,13,24H2,1-3H3,(H,25,26,29,30). The smallest absolute Gasteiger partial charge is 0.255 e. The summed E-state index contributed by atoms with van der Waals surface area (Å²) >= 11 is 0. The minimum Gasteiger partial charge on any atom is -0.404 e. The molecule has 11 nitrogen and oxygen atoms in total. The second-order valence-corrected chi connectivity index (χ2v) is 11.0. The van der Waals surface area contributed by atoms with Crippen LogP contribution in [0.1, 0.15) is 57.7 Å². The van der Waals surface area contributed by atoms with Gasteiger partial charge in [-0.2, -0.15) is 4.40 Å². The van der Waals surface area contributed by atoms with E-state index in [0.29, 0.717) is 41.7 Å². The molecule has 1 aliphatic carbocycles. The Labute approximate surface area is 204 Å². The highest BCUT2D eigenvalue weighted by Gasteiger charge is 2.35. The van der Waals surface area contributed by atoms with Crippen LogP contribution in [0.4, 0.5) is 11.6 Å². The number of fused-ring (bicyclic) bond motifs is 1. The van der Waals surface area contributed by atoms with Gasteiger partial charge in [0.05, 0.1) is 28.8 Å². The predicted molar refractivity (Wildman–Crippen MR) is 136 cm³/mol. The number of hydrogen-bond donors (Lipinski definition) is 3. The van der Waals surface area contributed by atoms with Crippen molar-refractivity contribution in [3.8, 4) is 0 Å². The van der Waals surface area contributed by atoms with Crippen LogP contribution in [0.15, 0.2) is 35.1 Å². The molecule has 0 radical (unpaired) electrons. The maximum absolute atomic E-state index is 12.1. The lowest BCUT2D eigenvalue weighted by Crippen LogP contribution is -2.12. The minimum absolute atomic E-state index is 0.145. The second-order valence-electron chi connectivity index (χ2n) is 9.05. The number of hydrogen-bond acceptors (Lipinski definition) is 9. The zero-order valence-electron chi connectivity index (χ0n) is 20.0. The average molecular weight is 499 g/mol. The van der Waals surface area contributed by atoms with Crippen molar-refractivity contribution in [3.63, 3.8) is 0 Å². The molecule has 0 saturated heterocycles. The van der Waals surface area contributed by atoms with Crippen LogP contribution in [0.25, 0.3) is 16.6 Å². The number of rotatable bonds is 10. The zero-order chi connectivity index (χ0) is 25.2. The van der Waals surface area contributed by atoms with E-state index in [1.54, 1.807) is 12.3 Å². The number of aliphatic hydroxyl groups excluding tert-OH is 1. The molecule has 4 N–H and O–H groups in total. The van der Waals surface area contributed by atoms with Gasteiger partial charge >= 0.3 is 0 Å². The summed E-state index contributed by atoms with van der Waals surface area (Å²) in [5.74, 6) is 2.29. The Hall–Kier alpha value is -3.38. The molecule has 0 aromatic carbocycles. The lowest BCUT2D eigenvalue weighted by Gasteiger charge is -2.19. The molecule has 0 spiro atoms. The maximum atomic E-state index is 12.1. The van der Waals surface area contributed by atoms with Crippen LogP contribution in [-0.4, -0.2) is 49.5 Å². The van der Waals surface area contributed by atoms with Gasteiger partial charge in [0.2, 0.25) is 0 Å². The van der Waals surface area contributed by atoms with Crippen molar-refractivity contribution in [2.45, 2.75) is 57.9 Å². The number of anilines is 2. The first kappa shape index (κ1) is 24.7. The van der Waals surface area contributed by atoms with Crippen LogP contribution in [0.2, 0.25) is 0 Å². The molecule has 1 saturated carbocycles. The predicted octanol–water partition coefficient (Wildman–Crippen LogP) is 2.93. The van der Waals surface area contributed by atoms with E-state index in [1.807, 2.05) is 10.6 Å². The third kappa shape index (κ3) is 5.65. The van der Waals surface area contributed by atoms with Gasteiger partial charge in [0.15, 0.2) is 5.82 Å². The van der Waals surface area contributed by atoms with Crippen molar-refractivity contribution >= 4 is 44.5 Å². The molecule has 12 heteroatoms. The van der Waals surface area contributed by atoms with Gasteiger partial charge in [-0.1, -0.05) is 13.8 Å². The highest BCUT2D eigenvalue weighted by atomic mass is 32.2. The lowest BCUT2D eigenvalue weighted by molar-refractivity contribution is 0.259. The number of aliphatic hydroxyl groups is 1. The van der Waals surface area contributed by atoms with E-state index in [-0.39, 0.29) is 24.0 Å². The van der Waals surface area contributed by atoms with Crippen molar-refractivity contribution in [2.24, 2.45) is 16.0 Å². The van der Waals surface area contributed by atoms with Gasteiger partial charge in [-0.25, -0.2) is 28.4 Å². The number of sulfonamides is 1. The Morgan fingerprint density at radius 1 is 1.29 bits per heavy atom. The highest BCUT2D eigenvalue weighted by molar-refractivity contribution is 7.91. The number of nitrogens with two attached hydrogens (primary N) is 1. The summed E-state index contributed by atoms with van der Waals surface area (Å²) in [6.45, 7) is 6.26. The Kier molecular flexibility index (Phi) is 7.13. The van der Waals surface area contributed by atoms with E-state index in [1.165, 1.54) is 18.6 Å². The summed E-state index contributed by atoms with van der Waals surface area (Å²) < 4.78 is 29.9. The number of nitrogens with one attached hydrogen (secondary N) is 1. The summed E-state index contributed by atoms with van der Waals surface area (Å²) in [5.41, 5.74) is 7.53. The molecule has 4 rings (SSSR count). The first-order valence-corrected chi connectivity index (χ1v) is 13.0. The quantitative estimate of drug-likeness (QED) is 0.357. The van der Waals surface area contributed by atoms with Crippen molar-refractivity contribution in [1.29, 1.82) is 0 Å². The van der Waals surface area contributed by atoms with Crippen LogP contribution in [-0.2, 0) is 16.6 Å². The second kappa shape index (κ2) is 10.1. The summed E-state index contributed by atoms with van der Waals surface area (Å²) in [5, 5.41) is 12.6. The first-order chi connectivity index (χ1) is 16.7. The van der Waals surface area contributed by atoms with E-state index >= 15 is 0 Å². The van der Waals surface area contributed by atoms with E-state index < -0.39 is 15.3 Å². The molecule has 1 unspecified atom stereocenters. The number of nitrogens with zero attached hydrogens (tertiary/aromatic N) is 6. The monoisotopic (exact) mass is 498 g/mol. The molecule has 186 valence electrons. The Balaban J connectivity index is 1.60. The Morgan fingerprint density at radius 2 is 2.06 bits per heavy atom. The summed E-state index contributed by atoms with van der Waals surface area (Å²) in [7, 11) is -3.53. The van der Waals surface area contributed by atoms with E-state index in [2.05, 4.69) is 50.4 Å². The van der Waals surface area contributed by atoms with Crippen molar-refractivity contribution in [1.82, 2.24) is 24.5 Å². The van der Waals surface area contributed by atoms with Crippen LogP contribution in [0, 0.1) is 5.92 Å². The van der Waals surface area contributed by atoms with Crippen molar-refractivity contribution < 1.29 is 13.5 Å². The summed E-state index contributed by atoms with van der Waals surface area (Å²) in [6, 6.07) is 3.68. The molecule has 1 aliphatic rings. The van der Waals surface area contributed by atoms with Crippen LogP contribution in [0.5, 0.6) is 0 Å². The normalized spacial score (nSPS) is 15.9. The van der Waals surface area contributed by atoms with Gasteiger partial charge in [0.1, 0.15) is 29.6 Å². The molecule has 3 heterocycles. The topological polar surface area (TPSA) is 161 Å². The molecule has 35 heavy (non-hydrogen) atoms. The van der Waals surface area contributed by atoms with E-state index in [4.69, 9.17) is 5.73 Å². The van der Waals surface area contributed by atoms with E-state index in [0.717, 1.165) is 11.9 Å². The molecular weight excluding hydrogens is 468 g/mol. The fraction of sp³-hybridized carbons (Fsp3) is 0.435. The number of allylic oxidation sites excluding steroid dienone is 1. The zero-order valence-corrected chi connectivity index (χ0v) is 20.8. The highest BCUT2D eigenvalue weighted by Crippen LogP contribution is 2.30. The number of aromatic nitrogens is 5. The molecule has 3 aromatic rings. The molecule has 3 aromatic heterocycles. The maximum Gasteiger partial charge on any atom is 0.255 e. The van der Waals surface area contributed by atoms with Gasteiger partial charge < -0.3 is 20.7 Å².